The molecule has 2 saturated heterocycles. The van der Waals surface area contributed by atoms with E-state index in [2.05, 4.69) is 27.2 Å². The highest BCUT2D eigenvalue weighted by atomic mass is 16.5. The topological polar surface area (TPSA) is 78.3 Å². The zero-order valence-corrected chi connectivity index (χ0v) is 22.9. The summed E-state index contributed by atoms with van der Waals surface area (Å²) >= 11 is 0. The molecule has 0 saturated carbocycles. The second-order valence-corrected chi connectivity index (χ2v) is 10.2. The summed E-state index contributed by atoms with van der Waals surface area (Å²) in [5.41, 5.74) is 1.64. The molecule has 8 nitrogen and oxygen atoms in total. The quantitative estimate of drug-likeness (QED) is 0.424. The maximum atomic E-state index is 12.9. The molecule has 2 aliphatic rings. The summed E-state index contributed by atoms with van der Waals surface area (Å²) in [6, 6.07) is 21.8. The minimum atomic E-state index is -0.472. The van der Waals surface area contributed by atoms with Gasteiger partial charge in [0, 0.05) is 50.4 Å². The summed E-state index contributed by atoms with van der Waals surface area (Å²) in [5, 5.41) is 3.07. The van der Waals surface area contributed by atoms with Gasteiger partial charge in [-0.15, -0.1) is 0 Å². The lowest BCUT2D eigenvalue weighted by atomic mass is 9.85. The summed E-state index contributed by atoms with van der Waals surface area (Å²) < 4.78 is 12.1. The monoisotopic (exact) mass is 530 g/mol. The molecule has 2 aliphatic heterocycles. The van der Waals surface area contributed by atoms with Crippen LogP contribution in [0.25, 0.3) is 0 Å². The fourth-order valence-electron chi connectivity index (χ4n) is 5.70. The third-order valence-electron chi connectivity index (χ3n) is 8.01. The number of para-hydroxylation sites is 2. The lowest BCUT2D eigenvalue weighted by Gasteiger charge is -2.43. The molecule has 2 aromatic carbocycles. The molecule has 0 atom stereocenters. The van der Waals surface area contributed by atoms with Gasteiger partial charge in [-0.05, 0) is 57.0 Å². The Morgan fingerprint density at radius 3 is 2.46 bits per heavy atom. The van der Waals surface area contributed by atoms with Gasteiger partial charge >= 0.3 is 0 Å². The highest BCUT2D eigenvalue weighted by molar-refractivity contribution is 5.93. The number of carbonyl (C=O) groups excluding carboxylic acids is 2. The molecule has 3 aromatic rings. The molecule has 0 bridgehead atoms. The van der Waals surface area contributed by atoms with Crippen LogP contribution in [0.15, 0.2) is 71.1 Å². The molecule has 39 heavy (non-hydrogen) atoms. The highest BCUT2D eigenvalue weighted by Gasteiger charge is 2.50. The van der Waals surface area contributed by atoms with Crippen LogP contribution in [0.1, 0.15) is 48.6 Å². The first-order valence-electron chi connectivity index (χ1n) is 14.0. The summed E-state index contributed by atoms with van der Waals surface area (Å²) in [7, 11) is 0. The van der Waals surface area contributed by atoms with Gasteiger partial charge in [-0.2, -0.15) is 0 Å². The number of hydrogen-bond donors (Lipinski definition) is 1. The zero-order chi connectivity index (χ0) is 27.2. The van der Waals surface area contributed by atoms with E-state index in [4.69, 9.17) is 9.15 Å². The molecule has 206 valence electrons. The van der Waals surface area contributed by atoms with Crippen molar-refractivity contribution in [2.45, 2.75) is 38.6 Å². The van der Waals surface area contributed by atoms with Gasteiger partial charge in [0.1, 0.15) is 23.7 Å². The molecule has 8 heteroatoms. The van der Waals surface area contributed by atoms with E-state index in [9.17, 15) is 9.59 Å². The van der Waals surface area contributed by atoms with Crippen molar-refractivity contribution < 1.29 is 18.7 Å². The second-order valence-electron chi connectivity index (χ2n) is 10.2. The first-order chi connectivity index (χ1) is 19.0. The zero-order valence-electron chi connectivity index (χ0n) is 22.9. The van der Waals surface area contributed by atoms with Crippen molar-refractivity contribution >= 4 is 17.5 Å². The Balaban J connectivity index is 1.15. The van der Waals surface area contributed by atoms with Crippen molar-refractivity contribution in [3.05, 3.63) is 83.8 Å². The molecule has 0 unspecified atom stereocenters. The molecule has 5 rings (SSSR count). The number of nitrogens with one attached hydrogen (secondary N) is 1. The first-order valence-corrected chi connectivity index (χ1v) is 14.0. The standard InChI is InChI=1S/C31H38N4O4/c1-3-34(4-2)29(36)28-15-14-26(39-28)22-24-10-8-9-13-27(24)38-21-20-33-18-16-31(17-19-33)30(37)32-23-35(31)25-11-6-5-7-12-25/h5-15H,3-4,16-23H2,1-2H3,(H,32,37). The Morgan fingerprint density at radius 1 is 1.00 bits per heavy atom. The van der Waals surface area contributed by atoms with Crippen molar-refractivity contribution in [2.75, 3.05) is 50.9 Å². The molecule has 1 spiro atoms. The molecule has 2 fully saturated rings. The predicted molar refractivity (Wildman–Crippen MR) is 151 cm³/mol. The van der Waals surface area contributed by atoms with Crippen molar-refractivity contribution in [1.29, 1.82) is 0 Å². The fraction of sp³-hybridized carbons (Fsp3) is 0.419. The van der Waals surface area contributed by atoms with E-state index in [0.717, 1.165) is 55.2 Å². The smallest absolute Gasteiger partial charge is 0.289 e. The van der Waals surface area contributed by atoms with E-state index in [-0.39, 0.29) is 11.8 Å². The largest absolute Gasteiger partial charge is 0.492 e. The van der Waals surface area contributed by atoms with Gasteiger partial charge in [0.05, 0.1) is 6.67 Å². The van der Waals surface area contributed by atoms with Gasteiger partial charge < -0.3 is 24.3 Å². The Kier molecular flexibility index (Phi) is 8.21. The van der Waals surface area contributed by atoms with Crippen molar-refractivity contribution in [2.24, 2.45) is 0 Å². The lowest BCUT2D eigenvalue weighted by Crippen LogP contribution is -2.56. The molecular weight excluding hydrogens is 492 g/mol. The number of nitrogens with zero attached hydrogens (tertiary/aromatic N) is 3. The number of carbonyl (C=O) groups is 2. The number of hydrogen-bond acceptors (Lipinski definition) is 6. The minimum Gasteiger partial charge on any atom is -0.492 e. The van der Waals surface area contributed by atoms with Gasteiger partial charge in [0.25, 0.3) is 5.91 Å². The highest BCUT2D eigenvalue weighted by Crippen LogP contribution is 2.36. The maximum Gasteiger partial charge on any atom is 0.289 e. The van der Waals surface area contributed by atoms with Crippen LogP contribution in [0.3, 0.4) is 0 Å². The number of ether oxygens (including phenoxy) is 1. The minimum absolute atomic E-state index is 0.0823. The number of furan rings is 1. The molecule has 0 aliphatic carbocycles. The fourth-order valence-corrected chi connectivity index (χ4v) is 5.70. The van der Waals surface area contributed by atoms with E-state index >= 15 is 0 Å². The van der Waals surface area contributed by atoms with Gasteiger partial charge in [0.2, 0.25) is 5.91 Å². The van der Waals surface area contributed by atoms with Gasteiger partial charge in [-0.1, -0.05) is 36.4 Å². The number of rotatable bonds is 10. The first kappa shape index (κ1) is 26.8. The average molecular weight is 531 g/mol. The van der Waals surface area contributed by atoms with Crippen LogP contribution in [-0.4, -0.2) is 73.2 Å². The normalized spacial score (nSPS) is 16.9. The average Bonchev–Trinajstić information content (AvgIpc) is 3.56. The van der Waals surface area contributed by atoms with Crippen molar-refractivity contribution in [1.82, 2.24) is 15.1 Å². The van der Waals surface area contributed by atoms with Gasteiger partial charge in [-0.25, -0.2) is 0 Å². The summed E-state index contributed by atoms with van der Waals surface area (Å²) in [4.78, 5) is 31.9. The molecule has 0 radical (unpaired) electrons. The number of likely N-dealkylation sites (tertiary alicyclic amines) is 1. The third-order valence-corrected chi connectivity index (χ3v) is 8.01. The summed E-state index contributed by atoms with van der Waals surface area (Å²) in [6.07, 6.45) is 2.13. The number of piperidine rings is 1. The molecule has 1 N–H and O–H groups in total. The van der Waals surface area contributed by atoms with Crippen molar-refractivity contribution in [3.63, 3.8) is 0 Å². The van der Waals surface area contributed by atoms with E-state index in [1.165, 1.54) is 0 Å². The van der Waals surface area contributed by atoms with Gasteiger partial charge in [0.15, 0.2) is 5.76 Å². The van der Waals surface area contributed by atoms with Crippen LogP contribution in [0.5, 0.6) is 5.75 Å². The number of anilines is 1. The van der Waals surface area contributed by atoms with E-state index in [1.54, 1.807) is 11.0 Å². The molecular formula is C31H38N4O4. The SMILES string of the molecule is CCN(CC)C(=O)c1ccc(Cc2ccccc2OCCN2CCC3(CC2)C(=O)NCN3c2ccccc2)o1. The Morgan fingerprint density at radius 2 is 1.72 bits per heavy atom. The molecule has 2 amide bonds. The van der Waals surface area contributed by atoms with Crippen LogP contribution in [-0.2, 0) is 11.2 Å². The summed E-state index contributed by atoms with van der Waals surface area (Å²) in [6.45, 7) is 8.83. The summed E-state index contributed by atoms with van der Waals surface area (Å²) in [5.74, 6) is 1.99. The van der Waals surface area contributed by atoms with Crippen LogP contribution < -0.4 is 15.0 Å². The lowest BCUT2D eigenvalue weighted by molar-refractivity contribution is -0.125. The van der Waals surface area contributed by atoms with Crippen molar-refractivity contribution in [3.8, 4) is 5.75 Å². The van der Waals surface area contributed by atoms with Crippen LogP contribution in [0.2, 0.25) is 0 Å². The predicted octanol–water partition coefficient (Wildman–Crippen LogP) is 4.16. The molecule has 3 heterocycles. The third kappa shape index (κ3) is 5.66. The van der Waals surface area contributed by atoms with Gasteiger partial charge in [-0.3, -0.25) is 14.5 Å². The van der Waals surface area contributed by atoms with Crippen LogP contribution in [0, 0.1) is 0 Å². The van der Waals surface area contributed by atoms with Crippen LogP contribution in [0.4, 0.5) is 5.69 Å². The van der Waals surface area contributed by atoms with E-state index < -0.39 is 5.54 Å². The second kappa shape index (κ2) is 11.9. The molecule has 1 aromatic heterocycles. The number of benzene rings is 2. The van der Waals surface area contributed by atoms with E-state index in [0.29, 0.717) is 38.5 Å². The maximum absolute atomic E-state index is 12.9. The van der Waals surface area contributed by atoms with E-state index in [1.807, 2.05) is 62.4 Å². The van der Waals surface area contributed by atoms with Crippen LogP contribution >= 0.6 is 0 Å². The number of amides is 2. The Hall–Kier alpha value is -3.78. The Labute approximate surface area is 230 Å². The Bertz CT molecular complexity index is 1260.